The summed E-state index contributed by atoms with van der Waals surface area (Å²) in [6, 6.07) is 18.4. The lowest BCUT2D eigenvalue weighted by molar-refractivity contribution is 0.0993. The van der Waals surface area contributed by atoms with Crippen LogP contribution >= 0.6 is 11.6 Å². The molecule has 5 rings (SSSR count). The number of carbonyl (C=O) groups excluding carboxylic acids is 1. The van der Waals surface area contributed by atoms with Gasteiger partial charge in [-0.2, -0.15) is 18.4 Å². The van der Waals surface area contributed by atoms with Gasteiger partial charge in [0.1, 0.15) is 17.3 Å². The highest BCUT2D eigenvalue weighted by atomic mass is 35.5. The molecule has 0 aliphatic heterocycles. The first-order valence-corrected chi connectivity index (χ1v) is 13.9. The third-order valence-corrected chi connectivity index (χ3v) is 7.58. The predicted molar refractivity (Wildman–Crippen MR) is 146 cm³/mol. The largest absolute Gasteiger partial charge is 0.455 e. The van der Waals surface area contributed by atoms with E-state index in [0.717, 1.165) is 24.3 Å². The Labute approximate surface area is 229 Å². The molecule has 2 N–H and O–H groups in total. The summed E-state index contributed by atoms with van der Waals surface area (Å²) < 4.78 is 50.3. The number of nitrogens with one attached hydrogen (secondary N) is 2. The number of furan rings is 1. The quantitative estimate of drug-likeness (QED) is 0.250. The Morgan fingerprint density at radius 1 is 1.05 bits per heavy atom. The Balaban J connectivity index is 1.40. The van der Waals surface area contributed by atoms with Crippen LogP contribution in [0.1, 0.15) is 40.3 Å². The molecule has 11 heteroatoms. The molecule has 0 fully saturated rings. The van der Waals surface area contributed by atoms with E-state index in [2.05, 4.69) is 15.2 Å². The van der Waals surface area contributed by atoms with Crippen LogP contribution in [-0.4, -0.2) is 20.0 Å². The molecule has 0 radical (unpaired) electrons. The van der Waals surface area contributed by atoms with E-state index in [1.54, 1.807) is 37.3 Å². The average molecular weight is 568 g/mol. The molecular formula is C28H23ClFN3O5S. The minimum atomic E-state index is -4.02. The number of fused-ring (bicyclic) bond motifs is 1. The normalized spacial score (nSPS) is 14.1. The molecule has 0 atom stereocenters. The maximum absolute atomic E-state index is 13.3. The number of aryl methyl sites for hydroxylation is 1. The number of rotatable bonds is 7. The number of benzene rings is 3. The second-order valence-corrected chi connectivity index (χ2v) is 10.9. The predicted octanol–water partition coefficient (Wildman–Crippen LogP) is 6.44. The van der Waals surface area contributed by atoms with Crippen molar-refractivity contribution < 1.29 is 26.8 Å². The minimum absolute atomic E-state index is 0.0710. The number of carbonyl (C=O) groups is 1. The average Bonchev–Trinajstić information content (AvgIpc) is 3.27. The third kappa shape index (κ3) is 5.81. The molecule has 0 spiro atoms. The van der Waals surface area contributed by atoms with E-state index in [0.29, 0.717) is 64.1 Å². The van der Waals surface area contributed by atoms with Gasteiger partial charge in [0.05, 0.1) is 16.3 Å². The summed E-state index contributed by atoms with van der Waals surface area (Å²) in [4.78, 5) is 15.4. The number of hydrogen-bond acceptors (Lipinski definition) is 6. The fourth-order valence-corrected chi connectivity index (χ4v) is 5.26. The van der Waals surface area contributed by atoms with Crippen molar-refractivity contribution in [2.45, 2.75) is 31.1 Å². The summed E-state index contributed by atoms with van der Waals surface area (Å²) >= 11 is 6.19. The van der Waals surface area contributed by atoms with E-state index in [1.807, 2.05) is 18.2 Å². The van der Waals surface area contributed by atoms with Gasteiger partial charge in [-0.3, -0.25) is 4.79 Å². The maximum Gasteiger partial charge on any atom is 0.291 e. The molecule has 1 aliphatic rings. The van der Waals surface area contributed by atoms with Crippen LogP contribution in [0.2, 0.25) is 5.02 Å². The number of ether oxygens (including phenoxy) is 1. The van der Waals surface area contributed by atoms with Crippen LogP contribution in [0.5, 0.6) is 11.5 Å². The van der Waals surface area contributed by atoms with Crippen LogP contribution in [0.25, 0.3) is 0 Å². The van der Waals surface area contributed by atoms with Crippen molar-refractivity contribution >= 4 is 38.9 Å². The van der Waals surface area contributed by atoms with Gasteiger partial charge in [-0.25, -0.2) is 4.39 Å². The molecular weight excluding hydrogens is 545 g/mol. The van der Waals surface area contributed by atoms with Crippen molar-refractivity contribution in [2.24, 2.45) is 5.10 Å². The molecule has 1 heterocycles. The number of hydrazone groups is 1. The number of sulfonamides is 1. The second-order valence-electron chi connectivity index (χ2n) is 8.82. The molecule has 4 aromatic rings. The van der Waals surface area contributed by atoms with Crippen LogP contribution in [-0.2, 0) is 16.4 Å². The van der Waals surface area contributed by atoms with Gasteiger partial charge in [0.15, 0.2) is 11.5 Å². The van der Waals surface area contributed by atoms with Crippen molar-refractivity contribution in [1.82, 2.24) is 4.83 Å². The summed E-state index contributed by atoms with van der Waals surface area (Å²) in [6.07, 6.45) is 1.69. The number of amides is 1. The Hall–Kier alpha value is -4.15. The first kappa shape index (κ1) is 26.5. The van der Waals surface area contributed by atoms with Crippen molar-refractivity contribution in [3.05, 3.63) is 106 Å². The van der Waals surface area contributed by atoms with Crippen LogP contribution < -0.4 is 14.9 Å². The van der Waals surface area contributed by atoms with E-state index >= 15 is 0 Å². The van der Waals surface area contributed by atoms with Gasteiger partial charge in [-0.05, 0) is 74.4 Å². The van der Waals surface area contributed by atoms with Crippen molar-refractivity contribution in [3.8, 4) is 11.5 Å². The molecule has 8 nitrogen and oxygen atoms in total. The van der Waals surface area contributed by atoms with Crippen molar-refractivity contribution in [2.75, 3.05) is 5.32 Å². The fourth-order valence-electron chi connectivity index (χ4n) is 4.26. The first-order valence-electron chi connectivity index (χ1n) is 12.0. The van der Waals surface area contributed by atoms with Crippen LogP contribution in [0, 0.1) is 12.7 Å². The van der Waals surface area contributed by atoms with E-state index in [4.69, 9.17) is 20.8 Å². The zero-order chi connectivity index (χ0) is 27.6. The maximum atomic E-state index is 13.3. The molecule has 0 saturated carbocycles. The topological polar surface area (TPSA) is 110 Å². The van der Waals surface area contributed by atoms with Gasteiger partial charge in [-0.15, -0.1) is 0 Å². The van der Waals surface area contributed by atoms with Gasteiger partial charge in [-0.1, -0.05) is 29.8 Å². The Morgan fingerprint density at radius 2 is 1.79 bits per heavy atom. The monoisotopic (exact) mass is 567 g/mol. The SMILES string of the molecule is Cc1c(C(=O)Nc2cc(Cl)ccc2Oc2ccccc2)oc2c1/C(=N/NS(=O)(=O)c1ccc(F)cc1)CCC2. The molecule has 1 aromatic heterocycles. The van der Waals surface area contributed by atoms with Crippen molar-refractivity contribution in [1.29, 1.82) is 0 Å². The molecule has 1 amide bonds. The third-order valence-electron chi connectivity index (χ3n) is 6.12. The van der Waals surface area contributed by atoms with Crippen molar-refractivity contribution in [3.63, 3.8) is 0 Å². The Kier molecular flexibility index (Phi) is 7.40. The smallest absolute Gasteiger partial charge is 0.291 e. The highest BCUT2D eigenvalue weighted by Crippen LogP contribution is 2.34. The molecule has 0 unspecified atom stereocenters. The first-order chi connectivity index (χ1) is 18.7. The van der Waals surface area contributed by atoms with Gasteiger partial charge in [0, 0.05) is 22.6 Å². The zero-order valence-corrected chi connectivity index (χ0v) is 22.3. The van der Waals surface area contributed by atoms with Crippen LogP contribution in [0.15, 0.2) is 87.2 Å². The van der Waals surface area contributed by atoms with Gasteiger partial charge in [0.2, 0.25) is 0 Å². The summed E-state index contributed by atoms with van der Waals surface area (Å²) in [6.45, 7) is 1.71. The molecule has 0 saturated heterocycles. The second kappa shape index (κ2) is 10.9. The van der Waals surface area contributed by atoms with Gasteiger partial charge >= 0.3 is 0 Å². The number of hydrogen-bond donors (Lipinski definition) is 2. The molecule has 39 heavy (non-hydrogen) atoms. The van der Waals surface area contributed by atoms with E-state index in [1.165, 1.54) is 0 Å². The number of anilines is 1. The fraction of sp³-hybridized carbons (Fsp3) is 0.143. The number of nitrogens with zero attached hydrogens (tertiary/aromatic N) is 1. The lowest BCUT2D eigenvalue weighted by atomic mass is 9.93. The Morgan fingerprint density at radius 3 is 2.54 bits per heavy atom. The van der Waals surface area contributed by atoms with Crippen LogP contribution in [0.3, 0.4) is 0 Å². The van der Waals surface area contributed by atoms with E-state index in [-0.39, 0.29) is 10.7 Å². The lowest BCUT2D eigenvalue weighted by Gasteiger charge is -2.14. The minimum Gasteiger partial charge on any atom is -0.455 e. The molecule has 1 aliphatic carbocycles. The molecule has 3 aromatic carbocycles. The summed E-state index contributed by atoms with van der Waals surface area (Å²) in [5, 5.41) is 7.36. The summed E-state index contributed by atoms with van der Waals surface area (Å²) in [5.74, 6) is 0.522. The van der Waals surface area contributed by atoms with Gasteiger partial charge in [0.25, 0.3) is 15.9 Å². The zero-order valence-electron chi connectivity index (χ0n) is 20.7. The molecule has 200 valence electrons. The van der Waals surface area contributed by atoms with E-state index in [9.17, 15) is 17.6 Å². The van der Waals surface area contributed by atoms with Gasteiger partial charge < -0.3 is 14.5 Å². The standard InChI is InChI=1S/C28H23ClFN3O5S/c1-17-26-22(32-33-39(35,36)21-13-11-19(30)12-14-21)8-5-9-25(26)38-27(17)28(34)31-23-16-18(29)10-15-24(23)37-20-6-3-2-4-7-20/h2-4,6-7,10-16,33H,5,8-9H2,1H3,(H,31,34)/b32-22+. The highest BCUT2D eigenvalue weighted by molar-refractivity contribution is 7.89. The summed E-state index contributed by atoms with van der Waals surface area (Å²) in [5.41, 5.74) is 1.90. The molecule has 0 bridgehead atoms. The van der Waals surface area contributed by atoms with E-state index < -0.39 is 21.7 Å². The lowest BCUT2D eigenvalue weighted by Crippen LogP contribution is -2.22. The summed E-state index contributed by atoms with van der Waals surface area (Å²) in [7, 11) is -4.02. The van der Waals surface area contributed by atoms with Crippen LogP contribution in [0.4, 0.5) is 10.1 Å². The Bertz CT molecular complexity index is 1670. The number of para-hydroxylation sites is 1. The number of halogens is 2. The highest BCUT2D eigenvalue weighted by Gasteiger charge is 2.29.